The van der Waals surface area contributed by atoms with E-state index >= 15 is 0 Å². The van der Waals surface area contributed by atoms with E-state index in [1.165, 1.54) is 6.26 Å². The number of hydrogen-bond acceptors (Lipinski definition) is 7. The maximum Gasteiger partial charge on any atom is 0.338 e. The van der Waals surface area contributed by atoms with E-state index in [2.05, 4.69) is 24.0 Å². The van der Waals surface area contributed by atoms with Gasteiger partial charge in [0.2, 0.25) is 0 Å². The van der Waals surface area contributed by atoms with Crippen LogP contribution in [0.5, 0.6) is 5.75 Å². The van der Waals surface area contributed by atoms with Crippen LogP contribution in [-0.4, -0.2) is 22.8 Å². The molecule has 1 aromatic carbocycles. The summed E-state index contributed by atoms with van der Waals surface area (Å²) in [6.07, 6.45) is 1.51. The van der Waals surface area contributed by atoms with Crippen molar-refractivity contribution in [3.63, 3.8) is 0 Å². The van der Waals surface area contributed by atoms with Gasteiger partial charge in [-0.05, 0) is 36.2 Å². The summed E-state index contributed by atoms with van der Waals surface area (Å²) in [6, 6.07) is 10.3. The Hall–Kier alpha value is -3.09. The second kappa shape index (κ2) is 7.65. The van der Waals surface area contributed by atoms with E-state index < -0.39 is 5.97 Å². The number of hydrogen-bond donors (Lipinski definition) is 0. The second-order valence-corrected chi connectivity index (χ2v) is 5.79. The second-order valence-electron chi connectivity index (χ2n) is 5.79. The molecule has 0 radical (unpaired) electrons. The van der Waals surface area contributed by atoms with Crippen molar-refractivity contribution >= 4 is 5.97 Å². The summed E-state index contributed by atoms with van der Waals surface area (Å²) < 4.78 is 21.4. The van der Waals surface area contributed by atoms with Gasteiger partial charge in [-0.3, -0.25) is 0 Å². The molecule has 3 aromatic rings. The first-order valence-electron chi connectivity index (χ1n) is 7.88. The minimum Gasteiger partial charge on any atom is -0.493 e. The van der Waals surface area contributed by atoms with Gasteiger partial charge in [0.15, 0.2) is 12.4 Å². The van der Waals surface area contributed by atoms with Gasteiger partial charge in [-0.2, -0.15) is 0 Å². The van der Waals surface area contributed by atoms with Gasteiger partial charge in [0, 0.05) is 0 Å². The zero-order valence-corrected chi connectivity index (χ0v) is 14.0. The lowest BCUT2D eigenvalue weighted by molar-refractivity contribution is 0.0438. The molecule has 25 heavy (non-hydrogen) atoms. The SMILES string of the molecule is CC(C)COc1cccc(C(=O)OCc2nnc(-c3ccco3)o2)c1. The molecule has 0 N–H and O–H groups in total. The molecular formula is C18H18N2O5. The van der Waals surface area contributed by atoms with Crippen LogP contribution in [0.2, 0.25) is 0 Å². The molecule has 0 unspecified atom stereocenters. The summed E-state index contributed by atoms with van der Waals surface area (Å²) >= 11 is 0. The van der Waals surface area contributed by atoms with Crippen LogP contribution in [0.1, 0.15) is 30.1 Å². The number of esters is 1. The molecule has 130 valence electrons. The Bertz CT molecular complexity index is 824. The first-order chi connectivity index (χ1) is 12.1. The van der Waals surface area contributed by atoms with Crippen molar-refractivity contribution in [2.75, 3.05) is 6.61 Å². The molecule has 0 aliphatic rings. The Balaban J connectivity index is 1.58. The van der Waals surface area contributed by atoms with Crippen molar-refractivity contribution in [3.05, 3.63) is 54.1 Å². The number of aromatic nitrogens is 2. The molecule has 0 fully saturated rings. The predicted molar refractivity (Wildman–Crippen MR) is 87.9 cm³/mol. The lowest BCUT2D eigenvalue weighted by atomic mass is 10.2. The molecule has 0 aliphatic heterocycles. The van der Waals surface area contributed by atoms with Gasteiger partial charge >= 0.3 is 5.97 Å². The summed E-state index contributed by atoms with van der Waals surface area (Å²) in [5, 5.41) is 7.67. The van der Waals surface area contributed by atoms with Gasteiger partial charge in [-0.15, -0.1) is 10.2 Å². The van der Waals surface area contributed by atoms with Crippen LogP contribution in [-0.2, 0) is 11.3 Å². The van der Waals surface area contributed by atoms with Crippen LogP contribution in [0, 0.1) is 5.92 Å². The molecule has 0 aliphatic carbocycles. The molecule has 0 saturated heterocycles. The van der Waals surface area contributed by atoms with Gasteiger partial charge in [-0.25, -0.2) is 4.79 Å². The van der Waals surface area contributed by atoms with Gasteiger partial charge in [-0.1, -0.05) is 19.9 Å². The van der Waals surface area contributed by atoms with Gasteiger partial charge in [0.25, 0.3) is 11.8 Å². The molecule has 7 heteroatoms. The molecule has 3 rings (SSSR count). The summed E-state index contributed by atoms with van der Waals surface area (Å²) in [7, 11) is 0. The topological polar surface area (TPSA) is 87.6 Å². The molecule has 0 bridgehead atoms. The van der Waals surface area contributed by atoms with E-state index in [1.807, 2.05) is 0 Å². The molecule has 2 heterocycles. The standard InChI is InChI=1S/C18H18N2O5/c1-12(2)10-23-14-6-3-5-13(9-14)18(21)24-11-16-19-20-17(25-16)15-7-4-8-22-15/h3-9,12H,10-11H2,1-2H3. The predicted octanol–water partition coefficient (Wildman–Crippen LogP) is 3.72. The largest absolute Gasteiger partial charge is 0.493 e. The highest BCUT2D eigenvalue weighted by Crippen LogP contribution is 2.19. The van der Waals surface area contributed by atoms with Crippen molar-refractivity contribution in [1.82, 2.24) is 10.2 Å². The zero-order chi connectivity index (χ0) is 17.6. The lowest BCUT2D eigenvalue weighted by Crippen LogP contribution is -2.07. The summed E-state index contributed by atoms with van der Waals surface area (Å²) in [5.74, 6) is 1.41. The Morgan fingerprint density at radius 2 is 2.08 bits per heavy atom. The van der Waals surface area contributed by atoms with E-state index in [4.69, 9.17) is 18.3 Å². The third-order valence-electron chi connectivity index (χ3n) is 3.18. The van der Waals surface area contributed by atoms with E-state index in [0.717, 1.165) is 0 Å². The quantitative estimate of drug-likeness (QED) is 0.605. The van der Waals surface area contributed by atoms with Crippen LogP contribution < -0.4 is 4.74 Å². The van der Waals surface area contributed by atoms with Crippen LogP contribution in [0.4, 0.5) is 0 Å². The lowest BCUT2D eigenvalue weighted by Gasteiger charge is -2.09. The fraction of sp³-hybridized carbons (Fsp3) is 0.278. The van der Waals surface area contributed by atoms with Gasteiger partial charge in [0.1, 0.15) is 5.75 Å². The summed E-state index contributed by atoms with van der Waals surface area (Å²) in [6.45, 7) is 4.57. The zero-order valence-electron chi connectivity index (χ0n) is 14.0. The van der Waals surface area contributed by atoms with Crippen molar-refractivity contribution in [2.24, 2.45) is 5.92 Å². The minimum atomic E-state index is -0.493. The average molecular weight is 342 g/mol. The van der Waals surface area contributed by atoms with Crippen LogP contribution in [0.3, 0.4) is 0 Å². The fourth-order valence-electron chi connectivity index (χ4n) is 2.00. The first-order valence-corrected chi connectivity index (χ1v) is 7.88. The fourth-order valence-corrected chi connectivity index (χ4v) is 2.00. The third-order valence-corrected chi connectivity index (χ3v) is 3.18. The molecule has 2 aromatic heterocycles. The number of nitrogens with zero attached hydrogens (tertiary/aromatic N) is 2. The number of furan rings is 1. The molecule has 0 atom stereocenters. The van der Waals surface area contributed by atoms with Crippen LogP contribution >= 0.6 is 0 Å². The molecular weight excluding hydrogens is 324 g/mol. The molecule has 7 nitrogen and oxygen atoms in total. The number of benzene rings is 1. The smallest absolute Gasteiger partial charge is 0.338 e. The average Bonchev–Trinajstić information content (AvgIpc) is 3.29. The minimum absolute atomic E-state index is 0.121. The molecule has 0 saturated carbocycles. The van der Waals surface area contributed by atoms with Gasteiger partial charge in [0.05, 0.1) is 18.4 Å². The Morgan fingerprint density at radius 3 is 2.84 bits per heavy atom. The monoisotopic (exact) mass is 342 g/mol. The van der Waals surface area contributed by atoms with Gasteiger partial charge < -0.3 is 18.3 Å². The number of rotatable bonds is 7. The first kappa shape index (κ1) is 16.8. The van der Waals surface area contributed by atoms with Crippen molar-refractivity contribution < 1.29 is 23.1 Å². The van der Waals surface area contributed by atoms with Crippen molar-refractivity contribution in [3.8, 4) is 17.4 Å². The number of ether oxygens (including phenoxy) is 2. The normalized spacial score (nSPS) is 10.8. The maximum atomic E-state index is 12.2. The van der Waals surface area contributed by atoms with Crippen LogP contribution in [0.15, 0.2) is 51.5 Å². The Morgan fingerprint density at radius 1 is 1.20 bits per heavy atom. The highest BCUT2D eigenvalue weighted by Gasteiger charge is 2.14. The highest BCUT2D eigenvalue weighted by atomic mass is 16.5. The maximum absolute atomic E-state index is 12.2. The van der Waals surface area contributed by atoms with E-state index in [1.54, 1.807) is 36.4 Å². The van der Waals surface area contributed by atoms with Crippen LogP contribution in [0.25, 0.3) is 11.7 Å². The third kappa shape index (κ3) is 4.47. The van der Waals surface area contributed by atoms with Crippen molar-refractivity contribution in [2.45, 2.75) is 20.5 Å². The number of carbonyl (C=O) groups is 1. The molecule has 0 amide bonds. The number of carbonyl (C=O) groups excluding carboxylic acids is 1. The van der Waals surface area contributed by atoms with E-state index in [-0.39, 0.29) is 18.4 Å². The van der Waals surface area contributed by atoms with E-state index in [0.29, 0.717) is 29.6 Å². The highest BCUT2D eigenvalue weighted by molar-refractivity contribution is 5.89. The summed E-state index contributed by atoms with van der Waals surface area (Å²) in [4.78, 5) is 12.2. The Kier molecular flexibility index (Phi) is 5.13. The van der Waals surface area contributed by atoms with E-state index in [9.17, 15) is 4.79 Å². The molecule has 0 spiro atoms. The van der Waals surface area contributed by atoms with Crippen molar-refractivity contribution in [1.29, 1.82) is 0 Å². The summed E-state index contributed by atoms with van der Waals surface area (Å²) in [5.41, 5.74) is 0.395. The Labute approximate surface area is 144 Å².